The zero-order valence-electron chi connectivity index (χ0n) is 10.3. The molecule has 1 unspecified atom stereocenters. The number of carbonyl (C=O) groups is 1. The minimum absolute atomic E-state index is 0.152. The molecule has 2 nitrogen and oxygen atoms in total. The Morgan fingerprint density at radius 1 is 1.22 bits per heavy atom. The molecule has 18 heavy (non-hydrogen) atoms. The van der Waals surface area contributed by atoms with Gasteiger partial charge in [-0.2, -0.15) is 0 Å². The summed E-state index contributed by atoms with van der Waals surface area (Å²) < 4.78 is 4.79. The fraction of sp³-hybridized carbons (Fsp3) is 0.267. The number of thiophene rings is 1. The Bertz CT molecular complexity index is 476. The molecule has 0 saturated heterocycles. The highest BCUT2D eigenvalue weighted by molar-refractivity contribution is 7.09. The summed E-state index contributed by atoms with van der Waals surface area (Å²) >= 11 is 1.73. The van der Waals surface area contributed by atoms with Gasteiger partial charge in [-0.3, -0.25) is 4.79 Å². The average molecular weight is 260 g/mol. The van der Waals surface area contributed by atoms with E-state index in [4.69, 9.17) is 4.74 Å². The van der Waals surface area contributed by atoms with Crippen molar-refractivity contribution in [2.24, 2.45) is 0 Å². The summed E-state index contributed by atoms with van der Waals surface area (Å²) in [6, 6.07) is 14.3. The van der Waals surface area contributed by atoms with Crippen molar-refractivity contribution >= 4 is 17.3 Å². The van der Waals surface area contributed by atoms with Gasteiger partial charge in [0, 0.05) is 4.88 Å². The Hall–Kier alpha value is -1.61. The molecule has 0 fully saturated rings. The summed E-state index contributed by atoms with van der Waals surface area (Å²) in [6.45, 7) is 0. The van der Waals surface area contributed by atoms with E-state index in [1.165, 1.54) is 17.6 Å². The van der Waals surface area contributed by atoms with Crippen LogP contribution in [0.2, 0.25) is 0 Å². The molecule has 1 aromatic heterocycles. The van der Waals surface area contributed by atoms with Gasteiger partial charge in [0.15, 0.2) is 0 Å². The third kappa shape index (κ3) is 3.44. The minimum Gasteiger partial charge on any atom is -0.469 e. The van der Waals surface area contributed by atoms with Gasteiger partial charge in [-0.25, -0.2) is 0 Å². The highest BCUT2D eigenvalue weighted by atomic mass is 32.1. The zero-order valence-corrected chi connectivity index (χ0v) is 11.2. The summed E-state index contributed by atoms with van der Waals surface area (Å²) in [4.78, 5) is 12.8. The Balaban J connectivity index is 2.15. The van der Waals surface area contributed by atoms with Gasteiger partial charge in [0.25, 0.3) is 0 Å². The Morgan fingerprint density at radius 2 is 2.00 bits per heavy atom. The molecule has 0 radical (unpaired) electrons. The molecule has 0 N–H and O–H groups in total. The van der Waals surface area contributed by atoms with Gasteiger partial charge in [-0.15, -0.1) is 11.3 Å². The van der Waals surface area contributed by atoms with Crippen molar-refractivity contribution in [3.8, 4) is 0 Å². The molecule has 0 amide bonds. The number of carbonyl (C=O) groups excluding carboxylic acids is 1. The van der Waals surface area contributed by atoms with Gasteiger partial charge in [0.1, 0.15) is 0 Å². The van der Waals surface area contributed by atoms with Crippen molar-refractivity contribution < 1.29 is 9.53 Å². The molecule has 2 aromatic rings. The zero-order chi connectivity index (χ0) is 12.8. The average Bonchev–Trinajstić information content (AvgIpc) is 2.92. The van der Waals surface area contributed by atoms with Crippen LogP contribution >= 0.6 is 11.3 Å². The molecule has 0 aliphatic heterocycles. The van der Waals surface area contributed by atoms with Crippen LogP contribution in [0.15, 0.2) is 47.8 Å². The van der Waals surface area contributed by atoms with Gasteiger partial charge < -0.3 is 4.74 Å². The van der Waals surface area contributed by atoms with Crippen molar-refractivity contribution in [3.63, 3.8) is 0 Å². The molecular weight excluding hydrogens is 244 g/mol. The van der Waals surface area contributed by atoms with Crippen molar-refractivity contribution in [3.05, 3.63) is 58.3 Å². The van der Waals surface area contributed by atoms with E-state index in [9.17, 15) is 4.79 Å². The predicted molar refractivity (Wildman–Crippen MR) is 73.8 cm³/mol. The van der Waals surface area contributed by atoms with E-state index in [0.29, 0.717) is 6.42 Å². The Kier molecular flexibility index (Phi) is 4.53. The van der Waals surface area contributed by atoms with E-state index >= 15 is 0 Å². The lowest BCUT2D eigenvalue weighted by Gasteiger charge is -2.15. The number of esters is 1. The largest absolute Gasteiger partial charge is 0.469 e. The number of hydrogen-bond acceptors (Lipinski definition) is 3. The number of ether oxygens (including phenoxy) is 1. The number of methoxy groups -OCH3 is 1. The Morgan fingerprint density at radius 3 is 2.61 bits per heavy atom. The molecule has 0 saturated carbocycles. The molecule has 94 valence electrons. The molecule has 0 aliphatic carbocycles. The lowest BCUT2D eigenvalue weighted by molar-refractivity contribution is -0.141. The van der Waals surface area contributed by atoms with Crippen molar-refractivity contribution in [2.75, 3.05) is 7.11 Å². The van der Waals surface area contributed by atoms with Crippen LogP contribution in [-0.4, -0.2) is 13.1 Å². The van der Waals surface area contributed by atoms with Crippen molar-refractivity contribution in [2.45, 2.75) is 18.8 Å². The van der Waals surface area contributed by atoms with E-state index in [1.54, 1.807) is 11.3 Å². The first-order chi connectivity index (χ1) is 8.79. The molecule has 1 atom stereocenters. The topological polar surface area (TPSA) is 26.3 Å². The Labute approximate surface area is 111 Å². The van der Waals surface area contributed by atoms with Gasteiger partial charge in [-0.1, -0.05) is 36.4 Å². The summed E-state index contributed by atoms with van der Waals surface area (Å²) in [7, 11) is 1.44. The first-order valence-electron chi connectivity index (χ1n) is 5.93. The molecule has 0 bridgehead atoms. The maximum atomic E-state index is 11.5. The third-order valence-corrected chi connectivity index (χ3v) is 3.84. The fourth-order valence-corrected chi connectivity index (χ4v) is 2.78. The van der Waals surface area contributed by atoms with Gasteiger partial charge >= 0.3 is 5.97 Å². The number of benzene rings is 1. The first-order valence-corrected chi connectivity index (χ1v) is 6.81. The number of rotatable bonds is 5. The first kappa shape index (κ1) is 12.8. The molecule has 2 rings (SSSR count). The third-order valence-electron chi connectivity index (χ3n) is 2.94. The van der Waals surface area contributed by atoms with E-state index in [1.807, 2.05) is 24.3 Å². The quantitative estimate of drug-likeness (QED) is 0.767. The van der Waals surface area contributed by atoms with Crippen molar-refractivity contribution in [1.29, 1.82) is 0 Å². The summed E-state index contributed by atoms with van der Waals surface area (Å²) in [5.74, 6) is 0.0395. The smallest absolute Gasteiger partial charge is 0.306 e. The highest BCUT2D eigenvalue weighted by Crippen LogP contribution is 2.26. The van der Waals surface area contributed by atoms with Crippen LogP contribution in [0.4, 0.5) is 0 Å². The van der Waals surface area contributed by atoms with E-state index in [-0.39, 0.29) is 11.9 Å². The monoisotopic (exact) mass is 260 g/mol. The van der Waals surface area contributed by atoms with E-state index in [0.717, 1.165) is 6.42 Å². The lowest BCUT2D eigenvalue weighted by atomic mass is 9.92. The molecular formula is C15H16O2S. The van der Waals surface area contributed by atoms with Crippen molar-refractivity contribution in [1.82, 2.24) is 0 Å². The van der Waals surface area contributed by atoms with Crippen LogP contribution < -0.4 is 0 Å². The summed E-state index contributed by atoms with van der Waals surface area (Å²) in [5, 5.41) is 2.07. The molecule has 1 aromatic carbocycles. The minimum atomic E-state index is -0.152. The van der Waals surface area contributed by atoms with Crippen LogP contribution in [0.25, 0.3) is 0 Å². The standard InChI is InChI=1S/C15H16O2S/c1-17-15(16)11-13(10-14-8-5-9-18-14)12-6-3-2-4-7-12/h2-9,13H,10-11H2,1H3. The molecule has 0 aliphatic rings. The molecule has 1 heterocycles. The normalized spacial score (nSPS) is 12.1. The second-order valence-corrected chi connectivity index (χ2v) is 5.20. The summed E-state index contributed by atoms with van der Waals surface area (Å²) in [6.07, 6.45) is 1.31. The van der Waals surface area contributed by atoms with Crippen LogP contribution in [-0.2, 0) is 16.0 Å². The maximum Gasteiger partial charge on any atom is 0.306 e. The SMILES string of the molecule is COC(=O)CC(Cc1cccs1)c1ccccc1. The van der Waals surface area contributed by atoms with Crippen LogP contribution in [0.3, 0.4) is 0 Å². The van der Waals surface area contributed by atoms with Gasteiger partial charge in [0.2, 0.25) is 0 Å². The van der Waals surface area contributed by atoms with Gasteiger partial charge in [0.05, 0.1) is 13.5 Å². The predicted octanol–water partition coefficient (Wildman–Crippen LogP) is 3.64. The lowest BCUT2D eigenvalue weighted by Crippen LogP contribution is -2.10. The second kappa shape index (κ2) is 6.36. The number of hydrogen-bond donors (Lipinski definition) is 0. The van der Waals surface area contributed by atoms with Gasteiger partial charge in [-0.05, 0) is 29.3 Å². The molecule has 0 spiro atoms. The fourth-order valence-electron chi connectivity index (χ4n) is 1.99. The van der Waals surface area contributed by atoms with E-state index in [2.05, 4.69) is 23.6 Å². The molecule has 3 heteroatoms. The van der Waals surface area contributed by atoms with Crippen LogP contribution in [0, 0.1) is 0 Å². The van der Waals surface area contributed by atoms with Crippen LogP contribution in [0.1, 0.15) is 22.8 Å². The second-order valence-electron chi connectivity index (χ2n) is 4.17. The highest BCUT2D eigenvalue weighted by Gasteiger charge is 2.17. The maximum absolute atomic E-state index is 11.5. The summed E-state index contributed by atoms with van der Waals surface area (Å²) in [5.41, 5.74) is 1.19. The van der Waals surface area contributed by atoms with Crippen LogP contribution in [0.5, 0.6) is 0 Å². The van der Waals surface area contributed by atoms with E-state index < -0.39 is 0 Å².